The first-order valence-corrected chi connectivity index (χ1v) is 9.46. The molecule has 1 aromatic rings. The molecule has 0 radical (unpaired) electrons. The molecule has 168 valence electrons. The zero-order chi connectivity index (χ0) is 23.4. The number of hydrogen-bond acceptors (Lipinski definition) is 6. The van der Waals surface area contributed by atoms with Gasteiger partial charge in [-0.15, -0.1) is 6.58 Å². The molecule has 0 aliphatic rings. The summed E-state index contributed by atoms with van der Waals surface area (Å²) in [6.07, 6.45) is 2.91. The molecule has 2 amide bonds. The van der Waals surface area contributed by atoms with E-state index in [-0.39, 0.29) is 29.5 Å². The molecule has 0 fully saturated rings. The zero-order valence-electron chi connectivity index (χ0n) is 17.1. The molecule has 8 nitrogen and oxygen atoms in total. The number of allylic oxidation sites excluding steroid dienone is 3. The Bertz CT molecular complexity index is 859. The van der Waals surface area contributed by atoms with Gasteiger partial charge in [-0.05, 0) is 12.5 Å². The summed E-state index contributed by atoms with van der Waals surface area (Å²) in [7, 11) is 1.47. The monoisotopic (exact) mass is 453 g/mol. The van der Waals surface area contributed by atoms with E-state index in [1.807, 2.05) is 0 Å². The Morgan fingerprint density at radius 3 is 2.74 bits per heavy atom. The van der Waals surface area contributed by atoms with Crippen LogP contribution in [0, 0.1) is 0 Å². The lowest BCUT2D eigenvalue weighted by Crippen LogP contribution is -2.40. The fourth-order valence-electron chi connectivity index (χ4n) is 2.20. The van der Waals surface area contributed by atoms with E-state index in [1.54, 1.807) is 6.07 Å². The molecule has 3 N–H and O–H groups in total. The van der Waals surface area contributed by atoms with Crippen LogP contribution in [0.1, 0.15) is 16.9 Å². The maximum Gasteiger partial charge on any atom is 0.270 e. The Hall–Kier alpha value is -3.17. The molecule has 10 heteroatoms. The van der Waals surface area contributed by atoms with Crippen LogP contribution in [0.15, 0.2) is 66.8 Å². The highest BCUT2D eigenvalue weighted by molar-refractivity contribution is 6.31. The molecule has 1 heterocycles. The molecule has 1 rings (SSSR count). The van der Waals surface area contributed by atoms with Crippen LogP contribution in [0.5, 0.6) is 5.75 Å². The minimum atomic E-state index is -0.981. The maximum absolute atomic E-state index is 13.3. The van der Waals surface area contributed by atoms with Crippen molar-refractivity contribution < 1.29 is 28.6 Å². The van der Waals surface area contributed by atoms with Crippen molar-refractivity contribution >= 4 is 23.4 Å². The summed E-state index contributed by atoms with van der Waals surface area (Å²) in [6.45, 7) is 9.72. The predicted octanol–water partition coefficient (Wildman–Crippen LogP) is 2.38. The van der Waals surface area contributed by atoms with E-state index in [1.165, 1.54) is 25.4 Å². The molecular weight excluding hydrogens is 429 g/mol. The van der Waals surface area contributed by atoms with E-state index in [0.717, 1.165) is 6.08 Å². The molecular formula is C21H25ClFN3O5. The Balaban J connectivity index is 2.44. The highest BCUT2D eigenvalue weighted by atomic mass is 35.5. The first-order chi connectivity index (χ1) is 14.7. The SMILES string of the molecule is C=CC(CC(O)CNC(=O)COC(=C)/C=C(/F)C(=C)Cl)NC(=O)c1cc(OC)ccn1. The van der Waals surface area contributed by atoms with Gasteiger partial charge in [0, 0.05) is 30.9 Å². The summed E-state index contributed by atoms with van der Waals surface area (Å²) in [5, 5.41) is 14.9. The van der Waals surface area contributed by atoms with Crippen LogP contribution in [0.2, 0.25) is 0 Å². The molecule has 2 unspecified atom stereocenters. The normalized spacial score (nSPS) is 12.8. The largest absolute Gasteiger partial charge is 0.497 e. The molecule has 1 aromatic heterocycles. The van der Waals surface area contributed by atoms with Crippen LogP contribution >= 0.6 is 11.6 Å². The molecule has 31 heavy (non-hydrogen) atoms. The average molecular weight is 454 g/mol. The fraction of sp³-hybridized carbons (Fsp3) is 0.286. The van der Waals surface area contributed by atoms with Crippen molar-refractivity contribution in [3.63, 3.8) is 0 Å². The third-order valence-electron chi connectivity index (χ3n) is 3.80. The second-order valence-corrected chi connectivity index (χ2v) is 6.70. The number of hydrogen-bond donors (Lipinski definition) is 3. The highest BCUT2D eigenvalue weighted by Gasteiger charge is 2.17. The van der Waals surface area contributed by atoms with Crippen LogP contribution in [0.25, 0.3) is 0 Å². The molecule has 0 bridgehead atoms. The molecule has 0 spiro atoms. The Kier molecular flexibility index (Phi) is 11.0. The number of aliphatic hydroxyl groups is 1. The van der Waals surface area contributed by atoms with Gasteiger partial charge in [0.2, 0.25) is 0 Å². The van der Waals surface area contributed by atoms with Crippen molar-refractivity contribution in [1.82, 2.24) is 15.6 Å². The van der Waals surface area contributed by atoms with Crippen molar-refractivity contribution in [2.24, 2.45) is 0 Å². The number of carbonyl (C=O) groups is 2. The average Bonchev–Trinajstić information content (AvgIpc) is 2.75. The lowest BCUT2D eigenvalue weighted by molar-refractivity contribution is -0.124. The molecule has 0 aliphatic carbocycles. The second kappa shape index (κ2) is 13.2. The van der Waals surface area contributed by atoms with E-state index < -0.39 is 36.4 Å². The number of aliphatic hydroxyl groups excluding tert-OH is 1. The van der Waals surface area contributed by atoms with Crippen molar-refractivity contribution in [3.8, 4) is 5.75 Å². The Morgan fingerprint density at radius 2 is 2.13 bits per heavy atom. The van der Waals surface area contributed by atoms with Gasteiger partial charge < -0.3 is 25.2 Å². The van der Waals surface area contributed by atoms with E-state index in [2.05, 4.69) is 35.4 Å². The summed E-state index contributed by atoms with van der Waals surface area (Å²) in [5.41, 5.74) is 0.148. The van der Waals surface area contributed by atoms with Crippen LogP contribution in [-0.2, 0) is 9.53 Å². The van der Waals surface area contributed by atoms with Crippen molar-refractivity contribution in [1.29, 1.82) is 0 Å². The predicted molar refractivity (Wildman–Crippen MR) is 115 cm³/mol. The maximum atomic E-state index is 13.3. The lowest BCUT2D eigenvalue weighted by Gasteiger charge is -2.19. The van der Waals surface area contributed by atoms with Crippen LogP contribution in [0.3, 0.4) is 0 Å². The van der Waals surface area contributed by atoms with Gasteiger partial charge in [0.25, 0.3) is 11.8 Å². The zero-order valence-corrected chi connectivity index (χ0v) is 17.8. The van der Waals surface area contributed by atoms with Gasteiger partial charge in [-0.1, -0.05) is 30.8 Å². The number of amides is 2. The van der Waals surface area contributed by atoms with Crippen LogP contribution in [-0.4, -0.2) is 54.3 Å². The lowest BCUT2D eigenvalue weighted by atomic mass is 10.1. The van der Waals surface area contributed by atoms with E-state index >= 15 is 0 Å². The van der Waals surface area contributed by atoms with Gasteiger partial charge in [-0.25, -0.2) is 4.39 Å². The second-order valence-electron chi connectivity index (χ2n) is 6.24. The third kappa shape index (κ3) is 9.92. The number of pyridine rings is 1. The highest BCUT2D eigenvalue weighted by Crippen LogP contribution is 2.15. The Morgan fingerprint density at radius 1 is 1.42 bits per heavy atom. The number of methoxy groups -OCH3 is 1. The summed E-state index contributed by atoms with van der Waals surface area (Å²) >= 11 is 5.37. The number of nitrogens with zero attached hydrogens (tertiary/aromatic N) is 1. The number of ether oxygens (including phenoxy) is 2. The third-order valence-corrected chi connectivity index (χ3v) is 3.98. The molecule has 0 saturated heterocycles. The molecule has 0 aliphatic heterocycles. The first-order valence-electron chi connectivity index (χ1n) is 9.08. The number of halogens is 2. The van der Waals surface area contributed by atoms with Gasteiger partial charge in [-0.2, -0.15) is 0 Å². The summed E-state index contributed by atoms with van der Waals surface area (Å²) in [5.74, 6) is -1.49. The van der Waals surface area contributed by atoms with Crippen molar-refractivity contribution in [2.45, 2.75) is 18.6 Å². The van der Waals surface area contributed by atoms with Gasteiger partial charge >= 0.3 is 0 Å². The summed E-state index contributed by atoms with van der Waals surface area (Å²) in [6, 6.07) is 2.51. The van der Waals surface area contributed by atoms with E-state index in [9.17, 15) is 19.1 Å². The van der Waals surface area contributed by atoms with Gasteiger partial charge in [0.1, 0.15) is 23.0 Å². The van der Waals surface area contributed by atoms with Gasteiger partial charge in [-0.3, -0.25) is 14.6 Å². The standard InChI is InChI=1S/C21H25ClFN3O5/c1-5-15(26-21(29)19-10-17(30-4)6-7-24-19)9-16(27)11-25-20(28)12-31-13(2)8-18(23)14(3)22/h5-8,10,15-16,27H,1-3,9,11-12H2,4H3,(H,25,28)(H,26,29)/b18-8+. The number of aromatic nitrogens is 1. The minimum Gasteiger partial charge on any atom is -0.497 e. The quantitative estimate of drug-likeness (QED) is 0.240. The molecule has 0 aromatic carbocycles. The smallest absolute Gasteiger partial charge is 0.270 e. The summed E-state index contributed by atoms with van der Waals surface area (Å²) < 4.78 is 23.3. The fourth-order valence-corrected chi connectivity index (χ4v) is 2.25. The van der Waals surface area contributed by atoms with Gasteiger partial charge in [0.15, 0.2) is 6.61 Å². The van der Waals surface area contributed by atoms with Crippen molar-refractivity contribution in [2.75, 3.05) is 20.3 Å². The number of carbonyl (C=O) groups excluding carboxylic acids is 2. The topological polar surface area (TPSA) is 110 Å². The van der Waals surface area contributed by atoms with E-state index in [4.69, 9.17) is 21.1 Å². The molecule has 0 saturated carbocycles. The van der Waals surface area contributed by atoms with Crippen molar-refractivity contribution in [3.05, 3.63) is 72.5 Å². The minimum absolute atomic E-state index is 0.0961. The van der Waals surface area contributed by atoms with Gasteiger partial charge in [0.05, 0.1) is 18.2 Å². The summed E-state index contributed by atoms with van der Waals surface area (Å²) in [4.78, 5) is 28.1. The molecule has 2 atom stereocenters. The van der Waals surface area contributed by atoms with E-state index in [0.29, 0.717) is 5.75 Å². The van der Waals surface area contributed by atoms with Crippen LogP contribution < -0.4 is 15.4 Å². The number of nitrogens with one attached hydrogen (secondary N) is 2. The Labute approximate surface area is 185 Å². The van der Waals surface area contributed by atoms with Crippen LogP contribution in [0.4, 0.5) is 4.39 Å². The first kappa shape index (κ1) is 25.9. The number of rotatable bonds is 13.